The summed E-state index contributed by atoms with van der Waals surface area (Å²) in [6, 6.07) is 0.586. The zero-order valence-corrected chi connectivity index (χ0v) is 10.9. The molecule has 0 aliphatic heterocycles. The number of anilines is 1. The maximum absolute atomic E-state index is 5.53. The lowest BCUT2D eigenvalue weighted by Crippen LogP contribution is -2.29. The predicted octanol–water partition coefficient (Wildman–Crippen LogP) is 1.66. The Balaban J connectivity index is 2.56. The minimum atomic E-state index is 0.213. The number of nitrogens with zero attached hydrogens (tertiary/aromatic N) is 3. The van der Waals surface area contributed by atoms with E-state index >= 15 is 0 Å². The van der Waals surface area contributed by atoms with E-state index in [0.29, 0.717) is 18.5 Å². The quantitative estimate of drug-likeness (QED) is 0.827. The number of aromatic nitrogens is 2. The standard InChI is InChI=1S/C11H22N4O/c1-6-12-7-9-13-14-10(16-9)15(5)8-11(2,3)4/h12H,6-8H2,1-5H3. The zero-order valence-electron chi connectivity index (χ0n) is 10.9. The van der Waals surface area contributed by atoms with Crippen molar-refractivity contribution in [3.63, 3.8) is 0 Å². The van der Waals surface area contributed by atoms with E-state index in [4.69, 9.17) is 4.42 Å². The summed E-state index contributed by atoms with van der Waals surface area (Å²) in [5, 5.41) is 11.2. The van der Waals surface area contributed by atoms with E-state index in [2.05, 4.69) is 36.3 Å². The summed E-state index contributed by atoms with van der Waals surface area (Å²) in [7, 11) is 1.97. The van der Waals surface area contributed by atoms with Gasteiger partial charge in [0.1, 0.15) is 0 Å². The zero-order chi connectivity index (χ0) is 12.2. The molecule has 0 aliphatic rings. The Morgan fingerprint density at radius 2 is 2.00 bits per heavy atom. The summed E-state index contributed by atoms with van der Waals surface area (Å²) in [5.74, 6) is 0.637. The van der Waals surface area contributed by atoms with Crippen LogP contribution in [0.5, 0.6) is 0 Å². The highest BCUT2D eigenvalue weighted by atomic mass is 16.4. The molecule has 0 radical (unpaired) electrons. The first-order chi connectivity index (χ1) is 7.42. The van der Waals surface area contributed by atoms with Crippen LogP contribution in [0, 0.1) is 5.41 Å². The van der Waals surface area contributed by atoms with Crippen molar-refractivity contribution in [3.8, 4) is 0 Å². The van der Waals surface area contributed by atoms with Gasteiger partial charge in [-0.3, -0.25) is 0 Å². The fraction of sp³-hybridized carbons (Fsp3) is 0.818. The molecule has 0 aliphatic carbocycles. The van der Waals surface area contributed by atoms with Crippen molar-refractivity contribution < 1.29 is 4.42 Å². The molecule has 0 saturated heterocycles. The van der Waals surface area contributed by atoms with Crippen LogP contribution in [0.4, 0.5) is 6.01 Å². The van der Waals surface area contributed by atoms with Crippen LogP contribution in [-0.4, -0.2) is 30.3 Å². The molecule has 1 aromatic rings. The number of hydrogen-bond donors (Lipinski definition) is 1. The third-order valence-electron chi connectivity index (χ3n) is 2.02. The average molecular weight is 226 g/mol. The molecule has 0 spiro atoms. The molecule has 0 fully saturated rings. The van der Waals surface area contributed by atoms with Crippen LogP contribution in [0.15, 0.2) is 4.42 Å². The van der Waals surface area contributed by atoms with Gasteiger partial charge in [-0.15, -0.1) is 5.10 Å². The highest BCUT2D eigenvalue weighted by Crippen LogP contribution is 2.18. The lowest BCUT2D eigenvalue weighted by molar-refractivity contribution is 0.396. The van der Waals surface area contributed by atoms with Crippen LogP contribution >= 0.6 is 0 Å². The van der Waals surface area contributed by atoms with Crippen molar-refractivity contribution in [2.75, 3.05) is 25.0 Å². The topological polar surface area (TPSA) is 54.2 Å². The van der Waals surface area contributed by atoms with Crippen molar-refractivity contribution in [3.05, 3.63) is 5.89 Å². The molecule has 92 valence electrons. The molecule has 1 heterocycles. The Morgan fingerprint density at radius 3 is 2.56 bits per heavy atom. The Kier molecular flexibility index (Phi) is 4.29. The second kappa shape index (κ2) is 5.30. The van der Waals surface area contributed by atoms with E-state index in [0.717, 1.165) is 13.1 Å². The van der Waals surface area contributed by atoms with Gasteiger partial charge in [0.05, 0.1) is 6.54 Å². The van der Waals surface area contributed by atoms with E-state index in [9.17, 15) is 0 Å². The highest BCUT2D eigenvalue weighted by Gasteiger charge is 2.17. The maximum atomic E-state index is 5.53. The minimum Gasteiger partial charge on any atom is -0.407 e. The third kappa shape index (κ3) is 4.18. The van der Waals surface area contributed by atoms with Crippen LogP contribution in [0.1, 0.15) is 33.6 Å². The first kappa shape index (κ1) is 13.0. The van der Waals surface area contributed by atoms with Gasteiger partial charge >= 0.3 is 6.01 Å². The normalized spacial score (nSPS) is 11.8. The van der Waals surface area contributed by atoms with Gasteiger partial charge in [0.15, 0.2) is 0 Å². The van der Waals surface area contributed by atoms with E-state index in [1.807, 2.05) is 18.9 Å². The van der Waals surface area contributed by atoms with Crippen molar-refractivity contribution in [2.45, 2.75) is 34.2 Å². The molecule has 0 amide bonds. The summed E-state index contributed by atoms with van der Waals surface area (Å²) in [5.41, 5.74) is 0.213. The minimum absolute atomic E-state index is 0.213. The molecule has 0 unspecified atom stereocenters. The smallest absolute Gasteiger partial charge is 0.317 e. The molecule has 0 saturated carbocycles. The third-order valence-corrected chi connectivity index (χ3v) is 2.02. The molecule has 1 aromatic heterocycles. The monoisotopic (exact) mass is 226 g/mol. The Morgan fingerprint density at radius 1 is 1.31 bits per heavy atom. The lowest BCUT2D eigenvalue weighted by atomic mass is 9.96. The van der Waals surface area contributed by atoms with E-state index < -0.39 is 0 Å². The van der Waals surface area contributed by atoms with Gasteiger partial charge in [0.2, 0.25) is 5.89 Å². The van der Waals surface area contributed by atoms with Gasteiger partial charge in [-0.2, -0.15) is 0 Å². The average Bonchev–Trinajstić information content (AvgIpc) is 2.60. The second-order valence-corrected chi connectivity index (χ2v) is 5.18. The molecule has 0 atom stereocenters. The fourth-order valence-electron chi connectivity index (χ4n) is 1.48. The summed E-state index contributed by atoms with van der Waals surface area (Å²) in [6.45, 7) is 11.0. The molecular weight excluding hydrogens is 204 g/mol. The number of rotatable bonds is 5. The molecule has 5 heteroatoms. The molecule has 1 rings (SSSR count). The van der Waals surface area contributed by atoms with Gasteiger partial charge in [-0.05, 0) is 12.0 Å². The van der Waals surface area contributed by atoms with Gasteiger partial charge in [-0.25, -0.2) is 0 Å². The molecule has 0 aromatic carbocycles. The Hall–Kier alpha value is -1.10. The van der Waals surface area contributed by atoms with Crippen molar-refractivity contribution in [2.24, 2.45) is 5.41 Å². The molecular formula is C11H22N4O. The SMILES string of the molecule is CCNCc1nnc(N(C)CC(C)(C)C)o1. The van der Waals surface area contributed by atoms with Crippen molar-refractivity contribution in [1.82, 2.24) is 15.5 Å². The van der Waals surface area contributed by atoms with Crippen molar-refractivity contribution >= 4 is 6.01 Å². The van der Waals surface area contributed by atoms with Gasteiger partial charge < -0.3 is 14.6 Å². The largest absolute Gasteiger partial charge is 0.407 e. The molecule has 5 nitrogen and oxygen atoms in total. The first-order valence-electron chi connectivity index (χ1n) is 5.66. The lowest BCUT2D eigenvalue weighted by Gasteiger charge is -2.24. The summed E-state index contributed by atoms with van der Waals surface area (Å²) >= 11 is 0. The second-order valence-electron chi connectivity index (χ2n) is 5.18. The van der Waals surface area contributed by atoms with Gasteiger partial charge in [0.25, 0.3) is 0 Å². The Labute approximate surface area is 97.2 Å². The number of nitrogens with one attached hydrogen (secondary N) is 1. The van der Waals surface area contributed by atoms with Gasteiger partial charge in [-0.1, -0.05) is 32.8 Å². The van der Waals surface area contributed by atoms with E-state index in [-0.39, 0.29) is 5.41 Å². The maximum Gasteiger partial charge on any atom is 0.317 e. The van der Waals surface area contributed by atoms with Gasteiger partial charge in [0, 0.05) is 13.6 Å². The van der Waals surface area contributed by atoms with E-state index in [1.165, 1.54) is 0 Å². The molecule has 0 bridgehead atoms. The first-order valence-corrected chi connectivity index (χ1v) is 5.66. The molecule has 16 heavy (non-hydrogen) atoms. The van der Waals surface area contributed by atoms with Crippen LogP contribution in [-0.2, 0) is 6.54 Å². The summed E-state index contributed by atoms with van der Waals surface area (Å²) < 4.78 is 5.53. The van der Waals surface area contributed by atoms with Crippen LogP contribution < -0.4 is 10.2 Å². The Bertz CT molecular complexity index is 316. The van der Waals surface area contributed by atoms with Crippen LogP contribution in [0.3, 0.4) is 0 Å². The highest BCUT2D eigenvalue weighted by molar-refractivity contribution is 5.22. The van der Waals surface area contributed by atoms with Crippen molar-refractivity contribution in [1.29, 1.82) is 0 Å². The molecule has 1 N–H and O–H groups in total. The summed E-state index contributed by atoms with van der Waals surface area (Å²) in [4.78, 5) is 1.99. The number of hydrogen-bond acceptors (Lipinski definition) is 5. The fourth-order valence-corrected chi connectivity index (χ4v) is 1.48. The predicted molar refractivity (Wildman–Crippen MR) is 64.4 cm³/mol. The van der Waals surface area contributed by atoms with Crippen LogP contribution in [0.2, 0.25) is 0 Å². The van der Waals surface area contributed by atoms with Crippen LogP contribution in [0.25, 0.3) is 0 Å². The van der Waals surface area contributed by atoms with E-state index in [1.54, 1.807) is 0 Å². The summed E-state index contributed by atoms with van der Waals surface area (Å²) in [6.07, 6.45) is 0.